The highest BCUT2D eigenvalue weighted by molar-refractivity contribution is 5.98. The zero-order valence-corrected chi connectivity index (χ0v) is 13.5. The van der Waals surface area contributed by atoms with Gasteiger partial charge in [0.05, 0.1) is 0 Å². The fourth-order valence-electron chi connectivity index (χ4n) is 2.00. The second-order valence-corrected chi connectivity index (χ2v) is 5.40. The summed E-state index contributed by atoms with van der Waals surface area (Å²) in [5, 5.41) is 0. The number of rotatable bonds is 6. The summed E-state index contributed by atoms with van der Waals surface area (Å²) in [4.78, 5) is 24.0. The summed E-state index contributed by atoms with van der Waals surface area (Å²) >= 11 is 0. The Morgan fingerprint density at radius 1 is 1.00 bits per heavy atom. The van der Waals surface area contributed by atoms with Crippen LogP contribution in [0.15, 0.2) is 48.5 Å². The van der Waals surface area contributed by atoms with Crippen molar-refractivity contribution in [2.45, 2.75) is 26.9 Å². The van der Waals surface area contributed by atoms with Gasteiger partial charge in [0, 0.05) is 5.56 Å². The first kappa shape index (κ1) is 16.7. The van der Waals surface area contributed by atoms with E-state index in [9.17, 15) is 9.59 Å². The Morgan fingerprint density at radius 2 is 1.70 bits per heavy atom. The third-order valence-corrected chi connectivity index (χ3v) is 3.56. The first-order valence-corrected chi connectivity index (χ1v) is 7.46. The fourth-order valence-corrected chi connectivity index (χ4v) is 2.00. The lowest BCUT2D eigenvalue weighted by molar-refractivity contribution is -0.149. The van der Waals surface area contributed by atoms with Crippen LogP contribution in [0, 0.1) is 13.8 Å². The number of esters is 1. The molecule has 4 heteroatoms. The van der Waals surface area contributed by atoms with Crippen molar-refractivity contribution in [2.75, 3.05) is 6.61 Å². The number of carbonyl (C=O) groups is 2. The number of hydrogen-bond acceptors (Lipinski definition) is 4. The van der Waals surface area contributed by atoms with Crippen LogP contribution in [0.2, 0.25) is 0 Å². The molecule has 120 valence electrons. The number of hydrogen-bond donors (Lipinski definition) is 0. The van der Waals surface area contributed by atoms with Crippen molar-refractivity contribution in [2.24, 2.45) is 0 Å². The summed E-state index contributed by atoms with van der Waals surface area (Å²) in [6.45, 7) is 5.22. The Labute approximate surface area is 136 Å². The number of ether oxygens (including phenoxy) is 2. The van der Waals surface area contributed by atoms with Crippen LogP contribution in [0.5, 0.6) is 5.75 Å². The van der Waals surface area contributed by atoms with Gasteiger partial charge >= 0.3 is 5.97 Å². The number of carbonyl (C=O) groups excluding carboxylic acids is 2. The van der Waals surface area contributed by atoms with Crippen molar-refractivity contribution in [3.05, 3.63) is 65.2 Å². The van der Waals surface area contributed by atoms with Crippen LogP contribution in [-0.2, 0) is 9.53 Å². The van der Waals surface area contributed by atoms with Gasteiger partial charge in [-0.25, -0.2) is 4.79 Å². The second-order valence-electron chi connectivity index (χ2n) is 5.40. The third kappa shape index (κ3) is 4.68. The van der Waals surface area contributed by atoms with Crippen molar-refractivity contribution >= 4 is 11.8 Å². The van der Waals surface area contributed by atoms with Gasteiger partial charge in [0.1, 0.15) is 5.75 Å². The number of para-hydroxylation sites is 1. The van der Waals surface area contributed by atoms with E-state index in [2.05, 4.69) is 0 Å². The van der Waals surface area contributed by atoms with Crippen LogP contribution in [-0.4, -0.2) is 24.5 Å². The van der Waals surface area contributed by atoms with Crippen LogP contribution in [0.25, 0.3) is 0 Å². The summed E-state index contributed by atoms with van der Waals surface area (Å²) < 4.78 is 10.5. The number of Topliss-reactive ketones (excluding diaryl/α,β-unsaturated/α-hetero) is 1. The molecule has 0 aromatic heterocycles. The molecule has 0 aliphatic heterocycles. The topological polar surface area (TPSA) is 52.6 Å². The van der Waals surface area contributed by atoms with Crippen molar-refractivity contribution in [3.63, 3.8) is 0 Å². The molecule has 0 amide bonds. The zero-order valence-electron chi connectivity index (χ0n) is 13.5. The van der Waals surface area contributed by atoms with E-state index in [0.717, 1.165) is 11.1 Å². The van der Waals surface area contributed by atoms with E-state index >= 15 is 0 Å². The smallest absolute Gasteiger partial charge is 0.347 e. The molecule has 1 atom stereocenters. The Bertz CT molecular complexity index is 692. The minimum Gasteiger partial charge on any atom is -0.479 e. The minimum atomic E-state index is -0.773. The van der Waals surface area contributed by atoms with Crippen LogP contribution >= 0.6 is 0 Å². The van der Waals surface area contributed by atoms with Gasteiger partial charge in [-0.3, -0.25) is 4.79 Å². The number of benzene rings is 2. The average Bonchev–Trinajstić information content (AvgIpc) is 2.55. The highest BCUT2D eigenvalue weighted by atomic mass is 16.6. The third-order valence-electron chi connectivity index (χ3n) is 3.56. The lowest BCUT2D eigenvalue weighted by atomic mass is 10.0. The van der Waals surface area contributed by atoms with Gasteiger partial charge in [-0.05, 0) is 50.1 Å². The fraction of sp³-hybridized carbons (Fsp3) is 0.263. The summed E-state index contributed by atoms with van der Waals surface area (Å²) in [7, 11) is 0. The Hall–Kier alpha value is -2.62. The van der Waals surface area contributed by atoms with Crippen LogP contribution in [0.1, 0.15) is 28.4 Å². The van der Waals surface area contributed by atoms with Gasteiger partial charge in [0.15, 0.2) is 18.5 Å². The lowest BCUT2D eigenvalue weighted by Crippen LogP contribution is -2.28. The quantitative estimate of drug-likeness (QED) is 0.605. The van der Waals surface area contributed by atoms with Gasteiger partial charge in [-0.1, -0.05) is 30.3 Å². The molecule has 2 aromatic carbocycles. The van der Waals surface area contributed by atoms with E-state index in [1.807, 2.05) is 38.1 Å². The highest BCUT2D eigenvalue weighted by Crippen LogP contribution is 2.13. The maximum absolute atomic E-state index is 12.1. The maximum Gasteiger partial charge on any atom is 0.347 e. The molecule has 0 saturated carbocycles. The molecule has 0 bridgehead atoms. The van der Waals surface area contributed by atoms with Gasteiger partial charge in [0.2, 0.25) is 0 Å². The van der Waals surface area contributed by atoms with E-state index in [0.29, 0.717) is 11.3 Å². The Balaban J connectivity index is 1.88. The predicted molar refractivity (Wildman–Crippen MR) is 87.7 cm³/mol. The predicted octanol–water partition coefficient (Wildman–Crippen LogP) is 3.50. The van der Waals surface area contributed by atoms with Crippen molar-refractivity contribution in [1.82, 2.24) is 0 Å². The van der Waals surface area contributed by atoms with Crippen molar-refractivity contribution in [1.29, 1.82) is 0 Å². The minimum absolute atomic E-state index is 0.228. The largest absolute Gasteiger partial charge is 0.479 e. The van der Waals surface area contributed by atoms with Gasteiger partial charge in [-0.15, -0.1) is 0 Å². The molecule has 2 rings (SSSR count). The first-order chi connectivity index (χ1) is 11.0. The standard InChI is InChI=1S/C19H20O4/c1-13-9-10-16(11-14(13)2)18(20)12-22-19(21)15(3)23-17-7-5-4-6-8-17/h4-11,15H,12H2,1-3H3. The Morgan fingerprint density at radius 3 is 2.35 bits per heavy atom. The summed E-state index contributed by atoms with van der Waals surface area (Å²) in [5.41, 5.74) is 2.68. The van der Waals surface area contributed by atoms with E-state index in [4.69, 9.17) is 9.47 Å². The molecule has 0 aliphatic rings. The molecular formula is C19H20O4. The van der Waals surface area contributed by atoms with Crippen LogP contribution in [0.3, 0.4) is 0 Å². The van der Waals surface area contributed by atoms with Crippen LogP contribution in [0.4, 0.5) is 0 Å². The monoisotopic (exact) mass is 312 g/mol. The highest BCUT2D eigenvalue weighted by Gasteiger charge is 2.18. The maximum atomic E-state index is 12.1. The van der Waals surface area contributed by atoms with E-state index in [1.165, 1.54) is 0 Å². The number of ketones is 1. The summed E-state index contributed by atoms with van der Waals surface area (Å²) in [6, 6.07) is 14.4. The van der Waals surface area contributed by atoms with E-state index < -0.39 is 12.1 Å². The normalized spacial score (nSPS) is 11.6. The molecule has 0 N–H and O–H groups in total. The molecule has 0 heterocycles. The van der Waals surface area contributed by atoms with Gasteiger partial charge in [-0.2, -0.15) is 0 Å². The lowest BCUT2D eigenvalue weighted by Gasteiger charge is -2.13. The first-order valence-electron chi connectivity index (χ1n) is 7.46. The summed E-state index contributed by atoms with van der Waals surface area (Å²) in [5.74, 6) is -0.211. The number of aryl methyl sites for hydroxylation is 2. The molecule has 4 nitrogen and oxygen atoms in total. The Kier molecular flexibility index (Phi) is 5.52. The van der Waals surface area contributed by atoms with Crippen molar-refractivity contribution < 1.29 is 19.1 Å². The SMILES string of the molecule is Cc1ccc(C(=O)COC(=O)C(C)Oc2ccccc2)cc1C. The molecule has 0 saturated heterocycles. The molecule has 1 unspecified atom stereocenters. The van der Waals surface area contributed by atoms with E-state index in [-0.39, 0.29) is 12.4 Å². The molecule has 2 aromatic rings. The van der Waals surface area contributed by atoms with E-state index in [1.54, 1.807) is 31.2 Å². The van der Waals surface area contributed by atoms with Crippen LogP contribution < -0.4 is 4.74 Å². The molecule has 0 spiro atoms. The molecule has 0 aliphatic carbocycles. The molecule has 23 heavy (non-hydrogen) atoms. The molecule has 0 radical (unpaired) electrons. The summed E-state index contributed by atoms with van der Waals surface area (Å²) in [6.07, 6.45) is -0.773. The van der Waals surface area contributed by atoms with Gasteiger partial charge in [0.25, 0.3) is 0 Å². The molecule has 0 fully saturated rings. The molecular weight excluding hydrogens is 292 g/mol. The zero-order chi connectivity index (χ0) is 16.8. The average molecular weight is 312 g/mol. The van der Waals surface area contributed by atoms with Gasteiger partial charge < -0.3 is 9.47 Å². The van der Waals surface area contributed by atoms with Crippen molar-refractivity contribution in [3.8, 4) is 5.75 Å². The second kappa shape index (κ2) is 7.58.